The van der Waals surface area contributed by atoms with Crippen molar-refractivity contribution in [2.24, 2.45) is 5.92 Å². The Balaban J connectivity index is 2.35. The molecule has 0 fully saturated rings. The highest BCUT2D eigenvalue weighted by Crippen LogP contribution is 2.31. The molecule has 0 saturated carbocycles. The molecule has 1 aromatic carbocycles. The van der Waals surface area contributed by atoms with Crippen LogP contribution in [-0.4, -0.2) is 28.2 Å². The van der Waals surface area contributed by atoms with Gasteiger partial charge in [-0.05, 0) is 68.9 Å². The van der Waals surface area contributed by atoms with Crippen molar-refractivity contribution in [3.63, 3.8) is 0 Å². The number of amides is 1. The van der Waals surface area contributed by atoms with Crippen LogP contribution in [0.15, 0.2) is 24.3 Å². The first-order valence-electron chi connectivity index (χ1n) is 8.24. The van der Waals surface area contributed by atoms with Crippen molar-refractivity contribution in [1.82, 2.24) is 4.90 Å². The van der Waals surface area contributed by atoms with Gasteiger partial charge in [0.15, 0.2) is 0 Å². The van der Waals surface area contributed by atoms with E-state index in [1.54, 1.807) is 11.0 Å². The van der Waals surface area contributed by atoms with Crippen molar-refractivity contribution in [3.8, 4) is 5.75 Å². The van der Waals surface area contributed by atoms with Crippen LogP contribution >= 0.6 is 0 Å². The molecule has 0 saturated heterocycles. The predicted molar refractivity (Wildman–Crippen MR) is 92.2 cm³/mol. The predicted octanol–water partition coefficient (Wildman–Crippen LogP) is 4.57. The Morgan fingerprint density at radius 3 is 2.70 bits per heavy atom. The molecule has 1 N–H and O–H groups in total. The van der Waals surface area contributed by atoms with E-state index in [4.69, 9.17) is 4.74 Å². The summed E-state index contributed by atoms with van der Waals surface area (Å²) in [6.07, 6.45) is 3.44. The SMILES string of the molecule is CCc1cc(C2=CCC(C)CN2C(=O)OC(C)(C)C)ccc1O. The number of nitrogens with zero attached hydrogens (tertiary/aromatic N) is 1. The number of aryl methyl sites for hydroxylation is 1. The number of benzene rings is 1. The summed E-state index contributed by atoms with van der Waals surface area (Å²) in [6.45, 7) is 10.4. The van der Waals surface area contributed by atoms with Crippen LogP contribution in [0.1, 0.15) is 52.2 Å². The summed E-state index contributed by atoms with van der Waals surface area (Å²) in [5.74, 6) is 0.693. The Hall–Kier alpha value is -1.97. The topological polar surface area (TPSA) is 49.8 Å². The smallest absolute Gasteiger partial charge is 0.414 e. The number of carbonyl (C=O) groups is 1. The van der Waals surface area contributed by atoms with Gasteiger partial charge in [-0.25, -0.2) is 4.79 Å². The molecule has 1 unspecified atom stereocenters. The van der Waals surface area contributed by atoms with Gasteiger partial charge in [0.25, 0.3) is 0 Å². The second kappa shape index (κ2) is 6.65. The van der Waals surface area contributed by atoms with Gasteiger partial charge in [0.05, 0.1) is 5.70 Å². The monoisotopic (exact) mass is 317 g/mol. The Morgan fingerprint density at radius 1 is 1.39 bits per heavy atom. The van der Waals surface area contributed by atoms with Gasteiger partial charge < -0.3 is 9.84 Å². The van der Waals surface area contributed by atoms with Crippen molar-refractivity contribution in [3.05, 3.63) is 35.4 Å². The molecule has 1 aromatic rings. The van der Waals surface area contributed by atoms with E-state index in [2.05, 4.69) is 13.0 Å². The molecule has 1 atom stereocenters. The van der Waals surface area contributed by atoms with Gasteiger partial charge in [0, 0.05) is 6.54 Å². The molecular weight excluding hydrogens is 290 g/mol. The molecule has 0 bridgehead atoms. The minimum atomic E-state index is -0.521. The van der Waals surface area contributed by atoms with Gasteiger partial charge in [-0.1, -0.05) is 19.9 Å². The molecule has 0 aromatic heterocycles. The summed E-state index contributed by atoms with van der Waals surface area (Å²) >= 11 is 0. The Labute approximate surface area is 138 Å². The fourth-order valence-electron chi connectivity index (χ4n) is 2.70. The summed E-state index contributed by atoms with van der Waals surface area (Å²) < 4.78 is 5.55. The molecule has 0 radical (unpaired) electrons. The number of ether oxygens (including phenoxy) is 1. The van der Waals surface area contributed by atoms with E-state index in [-0.39, 0.29) is 6.09 Å². The standard InChI is InChI=1S/C19H27NO3/c1-6-14-11-15(8-10-17(14)21)16-9-7-13(2)12-20(16)18(22)23-19(3,4)5/h8-11,13,21H,6-7,12H2,1-5H3. The van der Waals surface area contributed by atoms with Crippen LogP contribution in [0.3, 0.4) is 0 Å². The first kappa shape index (κ1) is 17.4. The maximum atomic E-state index is 12.6. The molecule has 1 heterocycles. The van der Waals surface area contributed by atoms with E-state index in [0.717, 1.165) is 29.7 Å². The number of rotatable bonds is 2. The third-order valence-corrected chi connectivity index (χ3v) is 3.87. The van der Waals surface area contributed by atoms with Gasteiger partial charge >= 0.3 is 6.09 Å². The molecule has 1 aliphatic heterocycles. The quantitative estimate of drug-likeness (QED) is 0.869. The number of aromatic hydroxyl groups is 1. The van der Waals surface area contributed by atoms with Crippen LogP contribution in [0.4, 0.5) is 4.79 Å². The molecule has 0 aliphatic carbocycles. The van der Waals surface area contributed by atoms with Crippen molar-refractivity contribution in [2.45, 2.75) is 53.1 Å². The lowest BCUT2D eigenvalue weighted by Gasteiger charge is -2.34. The van der Waals surface area contributed by atoms with E-state index >= 15 is 0 Å². The van der Waals surface area contributed by atoms with Gasteiger partial charge in [0.1, 0.15) is 11.4 Å². The zero-order valence-electron chi connectivity index (χ0n) is 14.7. The number of phenols is 1. The maximum absolute atomic E-state index is 12.6. The summed E-state index contributed by atoms with van der Waals surface area (Å²) in [7, 11) is 0. The van der Waals surface area contributed by atoms with Crippen molar-refractivity contribution >= 4 is 11.8 Å². The fraction of sp³-hybridized carbons (Fsp3) is 0.526. The lowest BCUT2D eigenvalue weighted by Crippen LogP contribution is -2.39. The van der Waals surface area contributed by atoms with Crippen molar-refractivity contribution in [1.29, 1.82) is 0 Å². The fourth-order valence-corrected chi connectivity index (χ4v) is 2.70. The minimum absolute atomic E-state index is 0.296. The number of hydrogen-bond donors (Lipinski definition) is 1. The molecule has 1 amide bonds. The van der Waals surface area contributed by atoms with Crippen molar-refractivity contribution in [2.75, 3.05) is 6.54 Å². The zero-order valence-corrected chi connectivity index (χ0v) is 14.7. The van der Waals surface area contributed by atoms with E-state index in [9.17, 15) is 9.90 Å². The van der Waals surface area contributed by atoms with Gasteiger partial charge in [-0.2, -0.15) is 0 Å². The average Bonchev–Trinajstić information content (AvgIpc) is 2.46. The first-order chi connectivity index (χ1) is 10.7. The van der Waals surface area contributed by atoms with Gasteiger partial charge in [0.2, 0.25) is 0 Å². The van der Waals surface area contributed by atoms with Crippen molar-refractivity contribution < 1.29 is 14.6 Å². The van der Waals surface area contributed by atoms with Crippen LogP contribution in [0, 0.1) is 5.92 Å². The van der Waals surface area contributed by atoms with Crippen LogP contribution in [0.25, 0.3) is 5.70 Å². The molecule has 126 valence electrons. The van der Waals surface area contributed by atoms with Crippen LogP contribution in [0.5, 0.6) is 5.75 Å². The Bertz CT molecular complexity index is 614. The van der Waals surface area contributed by atoms with Gasteiger partial charge in [-0.3, -0.25) is 4.90 Å². The van der Waals surface area contributed by atoms with E-state index in [1.807, 2.05) is 39.8 Å². The largest absolute Gasteiger partial charge is 0.508 e. The number of allylic oxidation sites excluding steroid dienone is 1. The number of phenolic OH excluding ortho intramolecular Hbond substituents is 1. The third kappa shape index (κ3) is 4.27. The summed E-state index contributed by atoms with van der Waals surface area (Å²) in [5, 5.41) is 9.88. The molecule has 23 heavy (non-hydrogen) atoms. The maximum Gasteiger partial charge on any atom is 0.414 e. The second-order valence-corrected chi connectivity index (χ2v) is 7.22. The average molecular weight is 317 g/mol. The lowest BCUT2D eigenvalue weighted by atomic mass is 9.97. The molecular formula is C19H27NO3. The summed E-state index contributed by atoms with van der Waals surface area (Å²) in [5.41, 5.74) is 2.17. The first-order valence-corrected chi connectivity index (χ1v) is 8.24. The zero-order chi connectivity index (χ0) is 17.2. The van der Waals surface area contributed by atoms with Crippen LogP contribution in [-0.2, 0) is 11.2 Å². The minimum Gasteiger partial charge on any atom is -0.508 e. The number of carbonyl (C=O) groups excluding carboxylic acids is 1. The van der Waals surface area contributed by atoms with Gasteiger partial charge in [-0.15, -0.1) is 0 Å². The Morgan fingerprint density at radius 2 is 2.09 bits per heavy atom. The summed E-state index contributed by atoms with van der Waals surface area (Å²) in [6, 6.07) is 5.50. The number of hydrogen-bond acceptors (Lipinski definition) is 3. The molecule has 2 rings (SSSR count). The molecule has 1 aliphatic rings. The summed E-state index contributed by atoms with van der Waals surface area (Å²) in [4.78, 5) is 14.3. The van der Waals surface area contributed by atoms with E-state index in [0.29, 0.717) is 18.2 Å². The molecule has 0 spiro atoms. The highest BCUT2D eigenvalue weighted by atomic mass is 16.6. The second-order valence-electron chi connectivity index (χ2n) is 7.22. The lowest BCUT2D eigenvalue weighted by molar-refractivity contribution is 0.0327. The van der Waals surface area contributed by atoms with E-state index < -0.39 is 5.60 Å². The molecule has 4 heteroatoms. The normalized spacial score (nSPS) is 18.6. The highest BCUT2D eigenvalue weighted by Gasteiger charge is 2.29. The third-order valence-electron chi connectivity index (χ3n) is 3.87. The van der Waals surface area contributed by atoms with Crippen LogP contribution < -0.4 is 0 Å². The highest BCUT2D eigenvalue weighted by molar-refractivity contribution is 5.83. The van der Waals surface area contributed by atoms with Crippen LogP contribution in [0.2, 0.25) is 0 Å². The Kier molecular flexibility index (Phi) is 5.03. The molecule has 4 nitrogen and oxygen atoms in total. The van der Waals surface area contributed by atoms with E-state index in [1.165, 1.54) is 0 Å².